The van der Waals surface area contributed by atoms with Crippen LogP contribution in [0.15, 0.2) is 0 Å². The van der Waals surface area contributed by atoms with Gasteiger partial charge < -0.3 is 14.4 Å². The summed E-state index contributed by atoms with van der Waals surface area (Å²) in [7, 11) is 0. The van der Waals surface area contributed by atoms with E-state index < -0.39 is 0 Å². The van der Waals surface area contributed by atoms with E-state index in [1.165, 1.54) is 12.8 Å². The van der Waals surface area contributed by atoms with E-state index in [4.69, 9.17) is 9.47 Å². The van der Waals surface area contributed by atoms with Crippen LogP contribution in [0, 0.1) is 5.92 Å². The minimum Gasteiger partial charge on any atom is -0.350 e. The zero-order chi connectivity index (χ0) is 13.9. The second-order valence-corrected chi connectivity index (χ2v) is 6.13. The fraction of sp³-hybridized carbons (Fsp3) is 0.933. The number of piperidine rings is 1. The molecule has 0 bridgehead atoms. The van der Waals surface area contributed by atoms with Gasteiger partial charge in [0, 0.05) is 18.5 Å². The summed E-state index contributed by atoms with van der Waals surface area (Å²) in [6.07, 6.45) is 4.54. The molecule has 114 valence electrons. The van der Waals surface area contributed by atoms with Gasteiger partial charge in [0.2, 0.25) is 5.91 Å². The average molecular weight is 282 g/mol. The van der Waals surface area contributed by atoms with Gasteiger partial charge in [-0.25, -0.2) is 0 Å². The van der Waals surface area contributed by atoms with Gasteiger partial charge >= 0.3 is 0 Å². The van der Waals surface area contributed by atoms with E-state index in [1.54, 1.807) is 0 Å². The molecule has 3 aliphatic rings. The van der Waals surface area contributed by atoms with Crippen LogP contribution in [0.5, 0.6) is 0 Å². The molecule has 0 radical (unpaired) electrons. The summed E-state index contributed by atoms with van der Waals surface area (Å²) in [6.45, 7) is 6.96. The molecule has 2 aliphatic heterocycles. The van der Waals surface area contributed by atoms with E-state index in [2.05, 4.69) is 16.7 Å². The number of nitrogens with zero attached hydrogens (tertiary/aromatic N) is 2. The molecule has 0 aromatic heterocycles. The van der Waals surface area contributed by atoms with Gasteiger partial charge in [0.15, 0.2) is 6.29 Å². The Kier molecular flexibility index (Phi) is 4.58. The van der Waals surface area contributed by atoms with Crippen LogP contribution in [-0.2, 0) is 14.3 Å². The van der Waals surface area contributed by atoms with Crippen molar-refractivity contribution in [2.24, 2.45) is 5.92 Å². The van der Waals surface area contributed by atoms with E-state index in [0.717, 1.165) is 45.7 Å². The van der Waals surface area contributed by atoms with Gasteiger partial charge in [-0.2, -0.15) is 0 Å². The molecule has 1 aliphatic carbocycles. The molecule has 0 aromatic carbocycles. The number of rotatable bonds is 5. The molecule has 3 rings (SSSR count). The largest absolute Gasteiger partial charge is 0.350 e. The maximum atomic E-state index is 12.3. The van der Waals surface area contributed by atoms with E-state index in [1.807, 2.05) is 0 Å². The molecular weight excluding hydrogens is 256 g/mol. The second kappa shape index (κ2) is 6.41. The maximum Gasteiger partial charge on any atom is 0.236 e. The van der Waals surface area contributed by atoms with Crippen LogP contribution in [0.1, 0.15) is 32.6 Å². The quantitative estimate of drug-likeness (QED) is 0.757. The Morgan fingerprint density at radius 2 is 1.80 bits per heavy atom. The first-order chi connectivity index (χ1) is 9.78. The van der Waals surface area contributed by atoms with Crippen LogP contribution in [0.4, 0.5) is 0 Å². The summed E-state index contributed by atoms with van der Waals surface area (Å²) >= 11 is 0. The number of amides is 1. The Morgan fingerprint density at radius 3 is 2.35 bits per heavy atom. The third-order valence-electron chi connectivity index (χ3n) is 4.67. The minimum atomic E-state index is 0.00598. The predicted octanol–water partition coefficient (Wildman–Crippen LogP) is 1.08. The summed E-state index contributed by atoms with van der Waals surface area (Å²) in [5, 5.41) is 0. The number of likely N-dealkylation sites (tertiary alicyclic amines) is 1. The SMILES string of the molecule is CCN(C(=O)CN1CCC(C2OCCO2)CC1)C1CC1. The topological polar surface area (TPSA) is 42.0 Å². The zero-order valence-electron chi connectivity index (χ0n) is 12.4. The van der Waals surface area contributed by atoms with Gasteiger partial charge in [0.1, 0.15) is 0 Å². The molecule has 1 saturated carbocycles. The second-order valence-electron chi connectivity index (χ2n) is 6.13. The Labute approximate surface area is 121 Å². The standard InChI is InChI=1S/C15H26N2O3/c1-2-17(13-3-4-13)14(18)11-16-7-5-12(6-8-16)15-19-9-10-20-15/h12-13,15H,2-11H2,1H3. The minimum absolute atomic E-state index is 0.00598. The van der Waals surface area contributed by atoms with Gasteiger partial charge in [0.25, 0.3) is 0 Å². The summed E-state index contributed by atoms with van der Waals surface area (Å²) in [5.41, 5.74) is 0. The molecule has 5 heteroatoms. The van der Waals surface area contributed by atoms with E-state index >= 15 is 0 Å². The first-order valence-corrected chi connectivity index (χ1v) is 8.03. The van der Waals surface area contributed by atoms with Crippen molar-refractivity contribution in [1.29, 1.82) is 0 Å². The van der Waals surface area contributed by atoms with Crippen molar-refractivity contribution in [2.45, 2.75) is 44.9 Å². The summed E-state index contributed by atoms with van der Waals surface area (Å²) in [5.74, 6) is 0.816. The van der Waals surface area contributed by atoms with Gasteiger partial charge in [-0.15, -0.1) is 0 Å². The van der Waals surface area contributed by atoms with Crippen LogP contribution in [0.25, 0.3) is 0 Å². The summed E-state index contributed by atoms with van der Waals surface area (Å²) < 4.78 is 11.2. The number of carbonyl (C=O) groups excluding carboxylic acids is 1. The van der Waals surface area contributed by atoms with Crippen LogP contribution in [0.2, 0.25) is 0 Å². The molecule has 0 N–H and O–H groups in total. The van der Waals surface area contributed by atoms with Crippen molar-refractivity contribution in [3.63, 3.8) is 0 Å². The van der Waals surface area contributed by atoms with Crippen LogP contribution < -0.4 is 0 Å². The summed E-state index contributed by atoms with van der Waals surface area (Å²) in [4.78, 5) is 16.6. The average Bonchev–Trinajstić information content (AvgIpc) is 3.14. The van der Waals surface area contributed by atoms with Crippen LogP contribution in [0.3, 0.4) is 0 Å². The molecule has 20 heavy (non-hydrogen) atoms. The Bertz CT molecular complexity index is 332. The number of hydrogen-bond acceptors (Lipinski definition) is 4. The highest BCUT2D eigenvalue weighted by atomic mass is 16.7. The smallest absolute Gasteiger partial charge is 0.236 e. The molecule has 2 saturated heterocycles. The predicted molar refractivity (Wildman–Crippen MR) is 75.3 cm³/mol. The van der Waals surface area contributed by atoms with Gasteiger partial charge in [0.05, 0.1) is 19.8 Å². The molecular formula is C15H26N2O3. The van der Waals surface area contributed by atoms with Gasteiger partial charge in [-0.05, 0) is 45.7 Å². The van der Waals surface area contributed by atoms with Crippen LogP contribution >= 0.6 is 0 Å². The monoisotopic (exact) mass is 282 g/mol. The van der Waals surface area contributed by atoms with Crippen molar-refractivity contribution in [3.05, 3.63) is 0 Å². The number of hydrogen-bond donors (Lipinski definition) is 0. The highest BCUT2D eigenvalue weighted by molar-refractivity contribution is 5.78. The normalized spacial score (nSPS) is 26.1. The molecule has 0 aromatic rings. The van der Waals surface area contributed by atoms with Crippen molar-refractivity contribution >= 4 is 5.91 Å². The first kappa shape index (κ1) is 14.3. The van der Waals surface area contributed by atoms with Gasteiger partial charge in [-0.3, -0.25) is 9.69 Å². The van der Waals surface area contributed by atoms with Crippen molar-refractivity contribution in [1.82, 2.24) is 9.80 Å². The number of likely N-dealkylation sites (N-methyl/N-ethyl adjacent to an activating group) is 1. The third kappa shape index (κ3) is 3.32. The highest BCUT2D eigenvalue weighted by Crippen LogP contribution is 2.28. The number of carbonyl (C=O) groups is 1. The van der Waals surface area contributed by atoms with E-state index in [-0.39, 0.29) is 6.29 Å². The Balaban J connectivity index is 1.42. The molecule has 0 atom stereocenters. The van der Waals surface area contributed by atoms with Crippen molar-refractivity contribution < 1.29 is 14.3 Å². The highest BCUT2D eigenvalue weighted by Gasteiger charge is 2.34. The lowest BCUT2D eigenvalue weighted by atomic mass is 9.96. The summed E-state index contributed by atoms with van der Waals surface area (Å²) in [6, 6.07) is 0.533. The lowest BCUT2D eigenvalue weighted by Gasteiger charge is -2.34. The molecule has 0 spiro atoms. The number of ether oxygens (including phenoxy) is 2. The van der Waals surface area contributed by atoms with Crippen molar-refractivity contribution in [3.8, 4) is 0 Å². The van der Waals surface area contributed by atoms with Gasteiger partial charge in [-0.1, -0.05) is 0 Å². The molecule has 5 nitrogen and oxygen atoms in total. The molecule has 0 unspecified atom stereocenters. The zero-order valence-corrected chi connectivity index (χ0v) is 12.4. The van der Waals surface area contributed by atoms with Crippen LogP contribution in [-0.4, -0.2) is 67.4 Å². The Morgan fingerprint density at radius 1 is 1.15 bits per heavy atom. The van der Waals surface area contributed by atoms with E-state index in [9.17, 15) is 4.79 Å². The third-order valence-corrected chi connectivity index (χ3v) is 4.67. The molecule has 1 amide bonds. The lowest BCUT2D eigenvalue weighted by molar-refractivity contribution is -0.134. The first-order valence-electron chi connectivity index (χ1n) is 8.03. The lowest BCUT2D eigenvalue weighted by Crippen LogP contribution is -2.45. The fourth-order valence-corrected chi connectivity index (χ4v) is 3.34. The molecule has 2 heterocycles. The van der Waals surface area contributed by atoms with E-state index in [0.29, 0.717) is 24.4 Å². The van der Waals surface area contributed by atoms with Crippen molar-refractivity contribution in [2.75, 3.05) is 39.4 Å². The Hall–Kier alpha value is -0.650. The maximum absolute atomic E-state index is 12.3. The fourth-order valence-electron chi connectivity index (χ4n) is 3.34. The molecule has 3 fully saturated rings.